The van der Waals surface area contributed by atoms with E-state index in [9.17, 15) is 28.1 Å². The molecule has 1 saturated carbocycles. The van der Waals surface area contributed by atoms with Gasteiger partial charge in [0.15, 0.2) is 0 Å². The van der Waals surface area contributed by atoms with Crippen LogP contribution in [-0.2, 0) is 11.0 Å². The second-order valence-electron chi connectivity index (χ2n) is 5.91. The fraction of sp³-hybridized carbons (Fsp3) is 0.533. The molecule has 0 saturated heterocycles. The van der Waals surface area contributed by atoms with Crippen molar-refractivity contribution >= 4 is 29.7 Å². The number of amides is 1. The van der Waals surface area contributed by atoms with Crippen molar-refractivity contribution in [3.63, 3.8) is 0 Å². The Kier molecular flexibility index (Phi) is 7.64. The van der Waals surface area contributed by atoms with Crippen LogP contribution in [0.5, 0.6) is 0 Å². The molecule has 1 atom stereocenters. The molecule has 0 heterocycles. The van der Waals surface area contributed by atoms with E-state index in [2.05, 4.69) is 10.6 Å². The molecule has 1 amide bonds. The largest absolute Gasteiger partial charge is 0.416 e. The number of carbonyl (C=O) groups excluding carboxylic acids is 1. The molecular weight excluding hydrogens is 377 g/mol. The van der Waals surface area contributed by atoms with E-state index in [1.807, 2.05) is 0 Å². The Balaban J connectivity index is 0.00000338. The van der Waals surface area contributed by atoms with E-state index in [1.54, 1.807) is 0 Å². The van der Waals surface area contributed by atoms with Gasteiger partial charge in [0.25, 0.3) is 5.69 Å². The Labute approximate surface area is 154 Å². The van der Waals surface area contributed by atoms with Crippen LogP contribution in [0.2, 0.25) is 0 Å². The molecule has 4 N–H and O–H groups in total. The molecule has 0 radical (unpaired) electrons. The highest BCUT2D eigenvalue weighted by Gasteiger charge is 2.33. The van der Waals surface area contributed by atoms with Crippen LogP contribution in [0.4, 0.5) is 24.5 Å². The van der Waals surface area contributed by atoms with Crippen LogP contribution in [0.25, 0.3) is 0 Å². The third-order valence-electron chi connectivity index (χ3n) is 3.98. The average Bonchev–Trinajstić information content (AvgIpc) is 3.36. The standard InChI is InChI=1S/C15H19F3N4O3.ClH/c16-15(17,18)10-3-4-11(13(7-10)22(24)25)20-6-5-14(23)21-12(8-19)9-1-2-9;/h3-4,7,9,12,20H,1-2,5-6,8,19H2,(H,21,23);1H. The van der Waals surface area contributed by atoms with Crippen molar-refractivity contribution in [2.75, 3.05) is 18.4 Å². The van der Waals surface area contributed by atoms with Crippen molar-refractivity contribution in [1.29, 1.82) is 0 Å². The van der Waals surface area contributed by atoms with Crippen LogP contribution < -0.4 is 16.4 Å². The molecule has 1 aliphatic rings. The zero-order chi connectivity index (χ0) is 18.6. The number of hydrogen-bond acceptors (Lipinski definition) is 5. The lowest BCUT2D eigenvalue weighted by molar-refractivity contribution is -0.384. The number of alkyl halides is 3. The van der Waals surface area contributed by atoms with Crippen LogP contribution in [0.3, 0.4) is 0 Å². The molecule has 0 bridgehead atoms. The van der Waals surface area contributed by atoms with Crippen molar-refractivity contribution in [2.45, 2.75) is 31.5 Å². The van der Waals surface area contributed by atoms with Gasteiger partial charge in [-0.05, 0) is 30.9 Å². The lowest BCUT2D eigenvalue weighted by atomic mass is 10.1. The Morgan fingerprint density at radius 1 is 1.38 bits per heavy atom. The molecule has 0 spiro atoms. The number of benzene rings is 1. The summed E-state index contributed by atoms with van der Waals surface area (Å²) < 4.78 is 37.9. The van der Waals surface area contributed by atoms with E-state index in [1.165, 1.54) is 0 Å². The number of nitro benzene ring substituents is 1. The van der Waals surface area contributed by atoms with Crippen LogP contribution in [0.15, 0.2) is 18.2 Å². The Bertz CT molecular complexity index is 654. The van der Waals surface area contributed by atoms with Gasteiger partial charge in [-0.15, -0.1) is 12.4 Å². The summed E-state index contributed by atoms with van der Waals surface area (Å²) in [6, 6.07) is 2.14. The van der Waals surface area contributed by atoms with Gasteiger partial charge in [0.05, 0.1) is 10.5 Å². The quantitative estimate of drug-likeness (QED) is 0.462. The average molecular weight is 397 g/mol. The molecule has 0 aliphatic heterocycles. The summed E-state index contributed by atoms with van der Waals surface area (Å²) in [4.78, 5) is 21.9. The van der Waals surface area contributed by atoms with E-state index in [4.69, 9.17) is 5.73 Å². The molecule has 1 unspecified atom stereocenters. The number of hydrogen-bond donors (Lipinski definition) is 3. The molecule has 26 heavy (non-hydrogen) atoms. The molecule has 11 heteroatoms. The van der Waals surface area contributed by atoms with E-state index >= 15 is 0 Å². The SMILES string of the molecule is Cl.NCC(NC(=O)CCNc1ccc(C(F)(F)F)cc1[N+](=O)[O-])C1CC1. The topological polar surface area (TPSA) is 110 Å². The first-order valence-electron chi connectivity index (χ1n) is 7.81. The number of nitrogens with zero attached hydrogens (tertiary/aromatic N) is 1. The molecular formula is C15H20ClF3N4O3. The molecule has 1 aromatic rings. The lowest BCUT2D eigenvalue weighted by Crippen LogP contribution is -2.42. The monoisotopic (exact) mass is 396 g/mol. The van der Waals surface area contributed by atoms with Gasteiger partial charge in [0, 0.05) is 31.6 Å². The molecule has 2 rings (SSSR count). The maximum Gasteiger partial charge on any atom is 0.416 e. The zero-order valence-corrected chi connectivity index (χ0v) is 14.5. The summed E-state index contributed by atoms with van der Waals surface area (Å²) in [6.45, 7) is 0.397. The Morgan fingerprint density at radius 2 is 2.04 bits per heavy atom. The highest BCUT2D eigenvalue weighted by atomic mass is 35.5. The fourth-order valence-corrected chi connectivity index (χ4v) is 2.47. The van der Waals surface area contributed by atoms with Gasteiger partial charge in [-0.25, -0.2) is 0 Å². The van der Waals surface area contributed by atoms with Crippen LogP contribution in [-0.4, -0.2) is 30.0 Å². The Morgan fingerprint density at radius 3 is 2.54 bits per heavy atom. The van der Waals surface area contributed by atoms with E-state index in [0.29, 0.717) is 18.5 Å². The molecule has 1 aliphatic carbocycles. The maximum absolute atomic E-state index is 12.6. The van der Waals surface area contributed by atoms with E-state index in [-0.39, 0.29) is 43.0 Å². The van der Waals surface area contributed by atoms with Crippen LogP contribution >= 0.6 is 12.4 Å². The minimum absolute atomic E-state index is 0. The van der Waals surface area contributed by atoms with Gasteiger partial charge in [-0.3, -0.25) is 14.9 Å². The smallest absolute Gasteiger partial charge is 0.379 e. The van der Waals surface area contributed by atoms with Crippen molar-refractivity contribution in [3.8, 4) is 0 Å². The summed E-state index contributed by atoms with van der Waals surface area (Å²) in [5.41, 5.74) is 3.73. The van der Waals surface area contributed by atoms with Crippen molar-refractivity contribution in [2.24, 2.45) is 11.7 Å². The summed E-state index contributed by atoms with van der Waals surface area (Å²) in [5, 5.41) is 16.4. The number of anilines is 1. The molecule has 0 aromatic heterocycles. The van der Waals surface area contributed by atoms with E-state index in [0.717, 1.165) is 25.0 Å². The maximum atomic E-state index is 12.6. The third-order valence-corrected chi connectivity index (χ3v) is 3.98. The third kappa shape index (κ3) is 6.03. The number of rotatable bonds is 8. The van der Waals surface area contributed by atoms with Gasteiger partial charge in [-0.1, -0.05) is 0 Å². The summed E-state index contributed by atoms with van der Waals surface area (Å²) in [7, 11) is 0. The first kappa shape index (κ1) is 22.0. The number of nitrogens with two attached hydrogens (primary N) is 1. The second-order valence-corrected chi connectivity index (χ2v) is 5.91. The Hall–Kier alpha value is -2.07. The highest BCUT2D eigenvalue weighted by molar-refractivity contribution is 5.85. The molecule has 7 nitrogen and oxygen atoms in total. The predicted octanol–water partition coefficient (Wildman–Crippen LogP) is 2.69. The van der Waals surface area contributed by atoms with E-state index < -0.39 is 22.4 Å². The van der Waals surface area contributed by atoms with Crippen LogP contribution in [0.1, 0.15) is 24.8 Å². The molecule has 1 aromatic carbocycles. The number of nitrogens with one attached hydrogen (secondary N) is 2. The molecule has 146 valence electrons. The number of nitro groups is 1. The van der Waals surface area contributed by atoms with Crippen LogP contribution in [0, 0.1) is 16.0 Å². The predicted molar refractivity (Wildman–Crippen MR) is 92.2 cm³/mol. The summed E-state index contributed by atoms with van der Waals surface area (Å²) in [6.07, 6.45) is -2.58. The molecule has 1 fully saturated rings. The van der Waals surface area contributed by atoms with Gasteiger partial charge < -0.3 is 16.4 Å². The van der Waals surface area contributed by atoms with Crippen molar-refractivity contribution in [1.82, 2.24) is 5.32 Å². The second kappa shape index (κ2) is 9.04. The first-order chi connectivity index (χ1) is 11.7. The summed E-state index contributed by atoms with van der Waals surface area (Å²) in [5.74, 6) is 0.141. The van der Waals surface area contributed by atoms with Gasteiger partial charge in [0.2, 0.25) is 5.91 Å². The summed E-state index contributed by atoms with van der Waals surface area (Å²) >= 11 is 0. The first-order valence-corrected chi connectivity index (χ1v) is 7.81. The highest BCUT2D eigenvalue weighted by Crippen LogP contribution is 2.35. The van der Waals surface area contributed by atoms with Gasteiger partial charge >= 0.3 is 6.18 Å². The van der Waals surface area contributed by atoms with Gasteiger partial charge in [0.1, 0.15) is 5.69 Å². The van der Waals surface area contributed by atoms with Gasteiger partial charge in [-0.2, -0.15) is 13.2 Å². The minimum Gasteiger partial charge on any atom is -0.379 e. The number of halogens is 4. The number of carbonyl (C=O) groups is 1. The lowest BCUT2D eigenvalue weighted by Gasteiger charge is -2.16. The van der Waals surface area contributed by atoms with Crippen molar-refractivity contribution < 1.29 is 22.9 Å². The fourth-order valence-electron chi connectivity index (χ4n) is 2.47. The minimum atomic E-state index is -4.66. The van der Waals surface area contributed by atoms with Crippen molar-refractivity contribution in [3.05, 3.63) is 33.9 Å². The zero-order valence-electron chi connectivity index (χ0n) is 13.7. The normalized spacial score (nSPS) is 14.9.